The lowest BCUT2D eigenvalue weighted by molar-refractivity contribution is -0.154. The molecule has 60 valence electrons. The van der Waals surface area contributed by atoms with E-state index in [1.165, 1.54) is 6.92 Å². The summed E-state index contributed by atoms with van der Waals surface area (Å²) in [6.45, 7) is 1.89. The topological polar surface area (TPSA) is 66.5 Å². The Morgan fingerprint density at radius 3 is 2.64 bits per heavy atom. The van der Waals surface area contributed by atoms with Crippen LogP contribution in [0.4, 0.5) is 0 Å². The number of rotatable bonds is 0. The van der Waals surface area contributed by atoms with Gasteiger partial charge in [0.05, 0.1) is 0 Å². The molecular formula is C6H8N2O3. The molecule has 1 aliphatic rings. The van der Waals surface area contributed by atoms with Gasteiger partial charge >= 0.3 is 11.8 Å². The predicted molar refractivity (Wildman–Crippen MR) is 35.4 cm³/mol. The lowest BCUT2D eigenvalue weighted by Gasteiger charge is -2.22. The zero-order chi connectivity index (χ0) is 8.43. The number of piperazine rings is 1. The van der Waals surface area contributed by atoms with E-state index in [0.29, 0.717) is 6.54 Å². The number of nitrogens with one attached hydrogen (secondary N) is 1. The first-order valence-corrected chi connectivity index (χ1v) is 3.23. The van der Waals surface area contributed by atoms with Crippen molar-refractivity contribution >= 4 is 17.7 Å². The number of carbonyl (C=O) groups excluding carboxylic acids is 3. The highest BCUT2D eigenvalue weighted by atomic mass is 16.2. The molecule has 1 saturated heterocycles. The van der Waals surface area contributed by atoms with E-state index in [2.05, 4.69) is 5.32 Å². The van der Waals surface area contributed by atoms with Gasteiger partial charge in [-0.2, -0.15) is 0 Å². The van der Waals surface area contributed by atoms with Crippen LogP contribution in [-0.4, -0.2) is 35.7 Å². The average molecular weight is 156 g/mol. The maximum absolute atomic E-state index is 10.9. The van der Waals surface area contributed by atoms with Gasteiger partial charge in [0.2, 0.25) is 5.91 Å². The highest BCUT2D eigenvalue weighted by Gasteiger charge is 2.28. The number of hydrogen-bond acceptors (Lipinski definition) is 3. The summed E-state index contributed by atoms with van der Waals surface area (Å²) in [6.07, 6.45) is 0. The van der Waals surface area contributed by atoms with Crippen LogP contribution in [0.25, 0.3) is 0 Å². The molecule has 1 fully saturated rings. The second-order valence-corrected chi connectivity index (χ2v) is 2.23. The highest BCUT2D eigenvalue weighted by Crippen LogP contribution is 1.95. The van der Waals surface area contributed by atoms with Gasteiger partial charge in [-0.1, -0.05) is 0 Å². The molecular weight excluding hydrogens is 148 g/mol. The molecule has 5 heteroatoms. The van der Waals surface area contributed by atoms with Crippen LogP contribution in [0, 0.1) is 0 Å². The Balaban J connectivity index is 2.74. The monoisotopic (exact) mass is 156 g/mol. The van der Waals surface area contributed by atoms with Crippen molar-refractivity contribution in [2.45, 2.75) is 6.92 Å². The molecule has 0 aliphatic carbocycles. The first-order valence-electron chi connectivity index (χ1n) is 3.23. The third-order valence-electron chi connectivity index (χ3n) is 1.44. The van der Waals surface area contributed by atoms with E-state index in [1.807, 2.05) is 0 Å². The Morgan fingerprint density at radius 1 is 1.55 bits per heavy atom. The number of hydrogen-bond donors (Lipinski definition) is 1. The SMILES string of the molecule is CC(=O)N1CCNC(=O)C1=O. The second-order valence-electron chi connectivity index (χ2n) is 2.23. The van der Waals surface area contributed by atoms with Crippen molar-refractivity contribution in [2.75, 3.05) is 13.1 Å². The fourth-order valence-electron chi connectivity index (χ4n) is 0.881. The van der Waals surface area contributed by atoms with Gasteiger partial charge in [-0.05, 0) is 0 Å². The van der Waals surface area contributed by atoms with Crippen molar-refractivity contribution in [1.82, 2.24) is 10.2 Å². The largest absolute Gasteiger partial charge is 0.346 e. The Hall–Kier alpha value is -1.39. The molecule has 0 aromatic carbocycles. The standard InChI is InChI=1S/C6H8N2O3/c1-4(9)8-3-2-7-5(10)6(8)11/h2-3H2,1H3,(H,7,10). The lowest BCUT2D eigenvalue weighted by Crippen LogP contribution is -2.53. The van der Waals surface area contributed by atoms with Crippen molar-refractivity contribution in [3.63, 3.8) is 0 Å². The molecule has 0 saturated carbocycles. The van der Waals surface area contributed by atoms with Gasteiger partial charge in [0.15, 0.2) is 0 Å². The molecule has 0 spiro atoms. The Kier molecular flexibility index (Phi) is 1.89. The lowest BCUT2D eigenvalue weighted by atomic mass is 10.3. The van der Waals surface area contributed by atoms with Crippen molar-refractivity contribution in [2.24, 2.45) is 0 Å². The molecule has 0 unspecified atom stereocenters. The van der Waals surface area contributed by atoms with E-state index in [1.54, 1.807) is 0 Å². The smallest absolute Gasteiger partial charge is 0.318 e. The van der Waals surface area contributed by atoms with Crippen LogP contribution in [0.15, 0.2) is 0 Å². The Labute approximate surface area is 63.4 Å². The van der Waals surface area contributed by atoms with Gasteiger partial charge < -0.3 is 5.32 Å². The minimum Gasteiger partial charge on any atom is -0.346 e. The molecule has 1 aliphatic heterocycles. The molecule has 0 aromatic heterocycles. The molecule has 0 atom stereocenters. The van der Waals surface area contributed by atoms with E-state index in [0.717, 1.165) is 4.90 Å². The van der Waals surface area contributed by atoms with Crippen LogP contribution in [-0.2, 0) is 14.4 Å². The van der Waals surface area contributed by atoms with E-state index in [-0.39, 0.29) is 12.5 Å². The first-order chi connectivity index (χ1) is 5.13. The summed E-state index contributed by atoms with van der Waals surface area (Å²) >= 11 is 0. The molecule has 1 heterocycles. The fraction of sp³-hybridized carbons (Fsp3) is 0.500. The van der Waals surface area contributed by atoms with Crippen LogP contribution < -0.4 is 5.32 Å². The summed E-state index contributed by atoms with van der Waals surface area (Å²) in [4.78, 5) is 33.1. The molecule has 11 heavy (non-hydrogen) atoms. The maximum atomic E-state index is 10.9. The number of amides is 3. The van der Waals surface area contributed by atoms with Crippen LogP contribution in [0.1, 0.15) is 6.92 Å². The summed E-state index contributed by atoms with van der Waals surface area (Å²) in [6, 6.07) is 0. The predicted octanol–water partition coefficient (Wildman–Crippen LogP) is -1.51. The second kappa shape index (κ2) is 2.69. The van der Waals surface area contributed by atoms with Crippen molar-refractivity contribution < 1.29 is 14.4 Å². The van der Waals surface area contributed by atoms with Gasteiger partial charge in [0.1, 0.15) is 0 Å². The quantitative estimate of drug-likeness (QED) is 0.434. The van der Waals surface area contributed by atoms with Gasteiger partial charge in [0, 0.05) is 20.0 Å². The molecule has 0 radical (unpaired) electrons. The van der Waals surface area contributed by atoms with Gasteiger partial charge in [-0.25, -0.2) is 0 Å². The zero-order valence-corrected chi connectivity index (χ0v) is 6.09. The third-order valence-corrected chi connectivity index (χ3v) is 1.44. The van der Waals surface area contributed by atoms with Gasteiger partial charge in [0.25, 0.3) is 0 Å². The summed E-state index contributed by atoms with van der Waals surface area (Å²) in [5.41, 5.74) is 0. The van der Waals surface area contributed by atoms with E-state index < -0.39 is 11.8 Å². The summed E-state index contributed by atoms with van der Waals surface area (Å²) < 4.78 is 0. The number of imide groups is 1. The highest BCUT2D eigenvalue weighted by molar-refractivity contribution is 6.38. The van der Waals surface area contributed by atoms with Crippen LogP contribution >= 0.6 is 0 Å². The first kappa shape index (κ1) is 7.71. The minimum absolute atomic E-state index is 0.278. The molecule has 1 rings (SSSR count). The van der Waals surface area contributed by atoms with E-state index in [9.17, 15) is 14.4 Å². The molecule has 3 amide bonds. The van der Waals surface area contributed by atoms with Crippen molar-refractivity contribution in [3.05, 3.63) is 0 Å². The van der Waals surface area contributed by atoms with Gasteiger partial charge in [-0.15, -0.1) is 0 Å². The third kappa shape index (κ3) is 1.36. The Bertz CT molecular complexity index is 224. The summed E-state index contributed by atoms with van der Waals surface area (Å²) in [7, 11) is 0. The molecule has 1 N–H and O–H groups in total. The maximum Gasteiger partial charge on any atom is 0.318 e. The van der Waals surface area contributed by atoms with Crippen LogP contribution in [0.2, 0.25) is 0 Å². The fourth-order valence-corrected chi connectivity index (χ4v) is 0.881. The normalized spacial score (nSPS) is 18.1. The molecule has 5 nitrogen and oxygen atoms in total. The molecule has 0 aromatic rings. The van der Waals surface area contributed by atoms with Gasteiger partial charge in [-0.3, -0.25) is 19.3 Å². The number of nitrogens with zero attached hydrogens (tertiary/aromatic N) is 1. The van der Waals surface area contributed by atoms with E-state index >= 15 is 0 Å². The average Bonchev–Trinajstić information content (AvgIpc) is 1.94. The number of carbonyl (C=O) groups is 3. The Morgan fingerprint density at radius 2 is 2.18 bits per heavy atom. The van der Waals surface area contributed by atoms with Crippen molar-refractivity contribution in [1.29, 1.82) is 0 Å². The summed E-state index contributed by atoms with van der Waals surface area (Å²) in [5, 5.41) is 2.33. The van der Waals surface area contributed by atoms with Crippen LogP contribution in [0.3, 0.4) is 0 Å². The van der Waals surface area contributed by atoms with Crippen LogP contribution in [0.5, 0.6) is 0 Å². The van der Waals surface area contributed by atoms with Crippen molar-refractivity contribution in [3.8, 4) is 0 Å². The van der Waals surface area contributed by atoms with E-state index in [4.69, 9.17) is 0 Å². The minimum atomic E-state index is -0.760. The molecule has 0 bridgehead atoms. The summed E-state index contributed by atoms with van der Waals surface area (Å²) in [5.74, 6) is -1.85. The zero-order valence-electron chi connectivity index (χ0n) is 6.09.